The highest BCUT2D eigenvalue weighted by atomic mass is 32.2. The van der Waals surface area contributed by atoms with Crippen LogP contribution in [0, 0.1) is 5.92 Å². The molecule has 2 rings (SSSR count). The number of sulfonamides is 1. The normalized spacial score (nSPS) is 23.9. The van der Waals surface area contributed by atoms with E-state index in [-0.39, 0.29) is 22.4 Å². The van der Waals surface area contributed by atoms with E-state index in [0.29, 0.717) is 0 Å². The van der Waals surface area contributed by atoms with Crippen molar-refractivity contribution in [2.45, 2.75) is 24.3 Å². The van der Waals surface area contributed by atoms with Crippen LogP contribution in [0.15, 0.2) is 29.2 Å². The molecule has 0 saturated carbocycles. The van der Waals surface area contributed by atoms with Gasteiger partial charge in [0.05, 0.1) is 10.5 Å². The fourth-order valence-electron chi connectivity index (χ4n) is 2.59. The zero-order chi connectivity index (χ0) is 15.6. The zero-order valence-electron chi connectivity index (χ0n) is 12.1. The highest BCUT2D eigenvalue weighted by Gasteiger charge is 2.28. The second-order valence-corrected chi connectivity index (χ2v) is 7.30. The molecule has 0 aromatic heterocycles. The van der Waals surface area contributed by atoms with E-state index < -0.39 is 16.0 Å². The predicted octanol–water partition coefficient (Wildman–Crippen LogP) is 1.00. The zero-order valence-corrected chi connectivity index (χ0v) is 12.9. The van der Waals surface area contributed by atoms with E-state index in [1.54, 1.807) is 0 Å². The number of hydrogen-bond donors (Lipinski definition) is 2. The van der Waals surface area contributed by atoms with Crippen molar-refractivity contribution in [3.8, 4) is 0 Å². The number of piperidine rings is 1. The van der Waals surface area contributed by atoms with Crippen LogP contribution in [0.3, 0.4) is 0 Å². The molecule has 0 bridgehead atoms. The molecule has 1 aromatic carbocycles. The predicted molar refractivity (Wildman–Crippen MR) is 78.8 cm³/mol. The van der Waals surface area contributed by atoms with E-state index in [4.69, 9.17) is 5.11 Å². The number of benzene rings is 1. The van der Waals surface area contributed by atoms with E-state index in [2.05, 4.69) is 9.62 Å². The molecule has 21 heavy (non-hydrogen) atoms. The number of carboxylic acids is 1. The molecule has 2 atom stereocenters. The number of nitrogens with zero attached hydrogens (tertiary/aromatic N) is 1. The van der Waals surface area contributed by atoms with Crippen molar-refractivity contribution < 1.29 is 18.3 Å². The maximum Gasteiger partial charge on any atom is 0.335 e. The Hall–Kier alpha value is -1.44. The van der Waals surface area contributed by atoms with Gasteiger partial charge >= 0.3 is 5.97 Å². The van der Waals surface area contributed by atoms with Crippen LogP contribution in [0.25, 0.3) is 0 Å². The van der Waals surface area contributed by atoms with Crippen LogP contribution in [-0.4, -0.2) is 50.6 Å². The summed E-state index contributed by atoms with van der Waals surface area (Å²) in [6.45, 7) is 3.69. The van der Waals surface area contributed by atoms with Crippen LogP contribution >= 0.6 is 0 Å². The lowest BCUT2D eigenvalue weighted by molar-refractivity contribution is 0.0696. The van der Waals surface area contributed by atoms with Crippen LogP contribution in [-0.2, 0) is 10.0 Å². The summed E-state index contributed by atoms with van der Waals surface area (Å²) in [6, 6.07) is 5.29. The minimum atomic E-state index is -3.70. The molecule has 6 nitrogen and oxygen atoms in total. The summed E-state index contributed by atoms with van der Waals surface area (Å²) in [5.74, 6) is -0.930. The minimum Gasteiger partial charge on any atom is -0.478 e. The quantitative estimate of drug-likeness (QED) is 0.866. The van der Waals surface area contributed by atoms with Gasteiger partial charge in [0.2, 0.25) is 10.0 Å². The summed E-state index contributed by atoms with van der Waals surface area (Å²) >= 11 is 0. The molecule has 1 fully saturated rings. The number of likely N-dealkylation sites (tertiary alicyclic amines) is 1. The molecule has 0 spiro atoms. The van der Waals surface area contributed by atoms with Crippen molar-refractivity contribution >= 4 is 16.0 Å². The summed E-state index contributed by atoms with van der Waals surface area (Å²) in [4.78, 5) is 13.1. The average molecular weight is 312 g/mol. The highest BCUT2D eigenvalue weighted by molar-refractivity contribution is 7.89. The smallest absolute Gasteiger partial charge is 0.335 e. The van der Waals surface area contributed by atoms with Crippen LogP contribution in [0.2, 0.25) is 0 Å². The molecule has 0 radical (unpaired) electrons. The van der Waals surface area contributed by atoms with Gasteiger partial charge in [0.25, 0.3) is 0 Å². The highest BCUT2D eigenvalue weighted by Crippen LogP contribution is 2.19. The fourth-order valence-corrected chi connectivity index (χ4v) is 4.02. The van der Waals surface area contributed by atoms with Crippen LogP contribution in [0.4, 0.5) is 0 Å². The van der Waals surface area contributed by atoms with Gasteiger partial charge in [-0.15, -0.1) is 0 Å². The lowest BCUT2D eigenvalue weighted by Crippen LogP contribution is -2.48. The summed E-state index contributed by atoms with van der Waals surface area (Å²) in [6.07, 6.45) is 0.746. The van der Waals surface area contributed by atoms with Gasteiger partial charge in [-0.3, -0.25) is 0 Å². The van der Waals surface area contributed by atoms with Crippen molar-refractivity contribution in [2.24, 2.45) is 5.92 Å². The van der Waals surface area contributed by atoms with Crippen LogP contribution in [0.5, 0.6) is 0 Å². The summed E-state index contributed by atoms with van der Waals surface area (Å²) < 4.78 is 27.5. The summed E-state index contributed by atoms with van der Waals surface area (Å²) in [5, 5.41) is 8.95. The third-order valence-electron chi connectivity index (χ3n) is 3.81. The maximum atomic E-state index is 12.4. The van der Waals surface area contributed by atoms with Gasteiger partial charge in [-0.1, -0.05) is 13.0 Å². The first-order valence-corrected chi connectivity index (χ1v) is 8.32. The lowest BCUT2D eigenvalue weighted by atomic mass is 9.95. The van der Waals surface area contributed by atoms with Gasteiger partial charge in [0.15, 0.2) is 0 Å². The second kappa shape index (κ2) is 6.13. The molecule has 1 aromatic rings. The maximum absolute atomic E-state index is 12.4. The van der Waals surface area contributed by atoms with Gasteiger partial charge in [0, 0.05) is 12.6 Å². The molecule has 7 heteroatoms. The van der Waals surface area contributed by atoms with Crippen molar-refractivity contribution in [1.29, 1.82) is 0 Å². The number of rotatable bonds is 4. The molecule has 2 unspecified atom stereocenters. The molecular weight excluding hydrogens is 292 g/mol. The Kier molecular flexibility index (Phi) is 4.65. The Labute approximate surface area is 124 Å². The second-order valence-electron chi connectivity index (χ2n) is 5.59. The molecule has 116 valence electrons. The first-order valence-electron chi connectivity index (χ1n) is 6.84. The Bertz CT molecular complexity index is 630. The van der Waals surface area contributed by atoms with E-state index in [1.807, 2.05) is 14.0 Å². The van der Waals surface area contributed by atoms with E-state index >= 15 is 0 Å². The molecule has 1 aliphatic rings. The Balaban J connectivity index is 2.18. The largest absolute Gasteiger partial charge is 0.478 e. The van der Waals surface area contributed by atoms with E-state index in [0.717, 1.165) is 19.5 Å². The van der Waals surface area contributed by atoms with Crippen LogP contribution < -0.4 is 4.72 Å². The molecular formula is C14H20N2O4S. The van der Waals surface area contributed by atoms with Gasteiger partial charge in [-0.25, -0.2) is 17.9 Å². The molecule has 0 amide bonds. The lowest BCUT2D eigenvalue weighted by Gasteiger charge is -2.34. The van der Waals surface area contributed by atoms with Crippen molar-refractivity contribution in [1.82, 2.24) is 9.62 Å². The van der Waals surface area contributed by atoms with Gasteiger partial charge in [0.1, 0.15) is 0 Å². The summed E-state index contributed by atoms with van der Waals surface area (Å²) in [5.41, 5.74) is -0.0331. The number of aromatic carboxylic acids is 1. The topological polar surface area (TPSA) is 86.7 Å². The number of carboxylic acid groups (broad SMARTS) is 1. The fraction of sp³-hybridized carbons (Fsp3) is 0.500. The number of carbonyl (C=O) groups is 1. The standard InChI is InChI=1S/C14H20N2O4S/c1-10-9-16(2)7-6-13(10)15-21(19,20)12-5-3-4-11(8-12)14(17)18/h3-5,8,10,13,15H,6-7,9H2,1-2H3,(H,17,18). The van der Waals surface area contributed by atoms with Gasteiger partial charge < -0.3 is 10.0 Å². The first-order chi connectivity index (χ1) is 9.79. The molecule has 1 saturated heterocycles. The Morgan fingerprint density at radius 1 is 1.43 bits per heavy atom. The molecule has 1 heterocycles. The third-order valence-corrected chi connectivity index (χ3v) is 5.29. The molecule has 1 aliphatic heterocycles. The Morgan fingerprint density at radius 2 is 2.14 bits per heavy atom. The third kappa shape index (κ3) is 3.81. The first kappa shape index (κ1) is 15.9. The van der Waals surface area contributed by atoms with Crippen molar-refractivity contribution in [2.75, 3.05) is 20.1 Å². The van der Waals surface area contributed by atoms with Gasteiger partial charge in [-0.2, -0.15) is 0 Å². The van der Waals surface area contributed by atoms with Crippen LogP contribution in [0.1, 0.15) is 23.7 Å². The van der Waals surface area contributed by atoms with Gasteiger partial charge in [-0.05, 0) is 44.1 Å². The summed E-state index contributed by atoms with van der Waals surface area (Å²) in [7, 11) is -1.69. The minimum absolute atomic E-state index is 0.00599. The number of hydrogen-bond acceptors (Lipinski definition) is 4. The monoisotopic (exact) mass is 312 g/mol. The average Bonchev–Trinajstić information content (AvgIpc) is 2.42. The van der Waals surface area contributed by atoms with E-state index in [9.17, 15) is 13.2 Å². The van der Waals surface area contributed by atoms with E-state index in [1.165, 1.54) is 24.3 Å². The molecule has 0 aliphatic carbocycles. The molecule has 2 N–H and O–H groups in total. The Morgan fingerprint density at radius 3 is 2.76 bits per heavy atom. The van der Waals surface area contributed by atoms with Crippen molar-refractivity contribution in [3.63, 3.8) is 0 Å². The SMILES string of the molecule is CC1CN(C)CCC1NS(=O)(=O)c1cccc(C(=O)O)c1. The number of nitrogens with one attached hydrogen (secondary N) is 1. The van der Waals surface area contributed by atoms with Crippen molar-refractivity contribution in [3.05, 3.63) is 29.8 Å².